The minimum Gasteiger partial charge on any atom is -0.497 e. The summed E-state index contributed by atoms with van der Waals surface area (Å²) >= 11 is 3.67. The number of fused-ring (bicyclic) bond motifs is 4. The molecular weight excluding hydrogens is 1330 g/mol. The van der Waals surface area contributed by atoms with Gasteiger partial charge < -0.3 is 76.1 Å². The van der Waals surface area contributed by atoms with Crippen LogP contribution in [0.2, 0.25) is 0 Å². The molecule has 0 amide bonds. The van der Waals surface area contributed by atoms with E-state index in [4.69, 9.17) is 72.6 Å². The molecule has 2 fully saturated rings. The van der Waals surface area contributed by atoms with Gasteiger partial charge in [0.25, 0.3) is 0 Å². The summed E-state index contributed by atoms with van der Waals surface area (Å²) in [5.41, 5.74) is 30.8. The van der Waals surface area contributed by atoms with Crippen LogP contribution in [0.4, 0.5) is 22.7 Å². The lowest BCUT2D eigenvalue weighted by Gasteiger charge is -2.37. The Morgan fingerprint density at radius 3 is 1.09 bits per heavy atom. The molecule has 0 saturated carbocycles. The third-order valence-corrected chi connectivity index (χ3v) is 20.8. The summed E-state index contributed by atoms with van der Waals surface area (Å²) in [4.78, 5) is 20.1. The first-order valence-corrected chi connectivity index (χ1v) is 37.6. The Labute approximate surface area is 616 Å². The average molecular weight is 1430 g/mol. The van der Waals surface area contributed by atoms with Crippen molar-refractivity contribution in [1.29, 1.82) is 16.2 Å². The SMILES string of the molecule is COc1ccc2c(c1)N(CC(C)CN1CCC(N=C(N)c3ccc(OCCCCCOc4ccc(C(=N)N)cc4)cc3)CC1)c1ccccc1S2.COc1ccc2c(c1)N(CC(C)CN1CCC(O)CC1)c1ccccc1S2.N=C(N)c1ccc(OCCCCCOc2ccc(C(=N)N)cc2)cc1. The van der Waals surface area contributed by atoms with E-state index in [2.05, 4.69) is 106 Å². The first-order valence-electron chi connectivity index (χ1n) is 35.9. The van der Waals surface area contributed by atoms with Crippen LogP contribution in [0.15, 0.2) is 207 Å². The number of nitrogens with one attached hydrogen (secondary N) is 3. The van der Waals surface area contributed by atoms with Gasteiger partial charge in [-0.3, -0.25) is 21.2 Å². The fraction of sp³-hybridized carbons (Fsp3) is 0.366. The molecule has 0 bridgehead atoms. The number of aliphatic hydroxyl groups is 1. The predicted octanol–water partition coefficient (Wildman–Crippen LogP) is 15.0. The molecule has 21 heteroatoms. The van der Waals surface area contributed by atoms with E-state index in [0.717, 1.165) is 157 Å². The molecule has 544 valence electrons. The van der Waals surface area contributed by atoms with E-state index in [9.17, 15) is 5.11 Å². The number of unbranched alkanes of at least 4 members (excludes halogenated alkanes) is 4. The van der Waals surface area contributed by atoms with Gasteiger partial charge in [0.15, 0.2) is 0 Å². The second kappa shape index (κ2) is 38.8. The number of ether oxygens (including phenoxy) is 6. The Hall–Kier alpha value is -9.38. The van der Waals surface area contributed by atoms with Crippen LogP contribution in [0, 0.1) is 28.1 Å². The lowest BCUT2D eigenvalue weighted by Crippen LogP contribution is -2.40. The highest BCUT2D eigenvalue weighted by atomic mass is 32.2. The van der Waals surface area contributed by atoms with Gasteiger partial charge in [0, 0.05) is 106 Å². The molecule has 12 rings (SSSR count). The summed E-state index contributed by atoms with van der Waals surface area (Å²) in [6.07, 6.45) is 9.51. The Morgan fingerprint density at radius 1 is 0.417 bits per heavy atom. The zero-order valence-corrected chi connectivity index (χ0v) is 61.6. The molecule has 0 radical (unpaired) electrons. The van der Waals surface area contributed by atoms with Crippen molar-refractivity contribution in [1.82, 2.24) is 9.80 Å². The number of likely N-dealkylation sites (tertiary alicyclic amines) is 2. The van der Waals surface area contributed by atoms with Crippen LogP contribution in [-0.4, -0.2) is 143 Å². The Balaban J connectivity index is 0.000000184. The van der Waals surface area contributed by atoms with Crippen molar-refractivity contribution < 1.29 is 33.5 Å². The van der Waals surface area contributed by atoms with Crippen molar-refractivity contribution in [3.05, 3.63) is 204 Å². The molecule has 103 heavy (non-hydrogen) atoms. The Morgan fingerprint density at radius 2 is 0.738 bits per heavy atom. The number of amidine groups is 4. The minimum absolute atomic E-state index is 0.0579. The van der Waals surface area contributed by atoms with Crippen molar-refractivity contribution in [2.24, 2.45) is 39.8 Å². The lowest BCUT2D eigenvalue weighted by atomic mass is 10.0. The molecule has 4 aliphatic rings. The molecule has 0 aliphatic carbocycles. The van der Waals surface area contributed by atoms with Gasteiger partial charge in [0.05, 0.1) is 75.5 Å². The number of piperidine rings is 2. The summed E-state index contributed by atoms with van der Waals surface area (Å²) < 4.78 is 34.1. The Bertz CT molecular complexity index is 3980. The molecule has 8 aromatic carbocycles. The second-order valence-corrected chi connectivity index (χ2v) is 28.8. The number of nitrogens with two attached hydrogens (primary N) is 4. The molecule has 4 aliphatic heterocycles. The molecule has 12 N–H and O–H groups in total. The number of methoxy groups -OCH3 is 2. The van der Waals surface area contributed by atoms with E-state index in [1.165, 1.54) is 42.3 Å². The molecule has 2 atom stereocenters. The Kier molecular flexibility index (Phi) is 28.7. The highest BCUT2D eigenvalue weighted by Crippen LogP contribution is 2.51. The largest absolute Gasteiger partial charge is 0.497 e. The van der Waals surface area contributed by atoms with Crippen LogP contribution in [0.3, 0.4) is 0 Å². The normalized spacial score (nSPS) is 15.1. The number of aliphatic imine (C=N–C) groups is 1. The molecule has 8 aromatic rings. The van der Waals surface area contributed by atoms with Gasteiger partial charge in [-0.25, -0.2) is 0 Å². The fourth-order valence-electron chi connectivity index (χ4n) is 12.9. The van der Waals surface area contributed by atoms with Gasteiger partial charge in [0.2, 0.25) is 0 Å². The first kappa shape index (κ1) is 76.3. The van der Waals surface area contributed by atoms with Crippen LogP contribution in [0.5, 0.6) is 34.5 Å². The minimum atomic E-state index is -0.109. The number of para-hydroxylation sites is 2. The third-order valence-electron chi connectivity index (χ3n) is 18.5. The molecule has 4 heterocycles. The standard InChI is InChI=1S/C41H50N6O3S.C22H28N2O2S.C19H24N4O2/c1-29(28-47-36-8-4-5-9-38(36)51-39-19-18-35(48-2)26-37(39)47)27-46-22-20-32(21-23-46)45-41(44)31-12-16-34(17-13-31)50-25-7-3-6-24-49-33-14-10-30(11-15-33)40(42)43;1-16(14-23-11-9-17(25)10-12-23)15-24-19-5-3-4-6-21(19)27-22-8-7-18(26-2)13-20(22)24;20-18(21)14-4-8-16(9-5-14)24-12-2-1-3-13-25-17-10-6-15(7-11-17)19(22)23/h4-5,8-19,26,29,32H,3,6-7,20-25,27-28H2,1-2H3,(H3,42,43)(H2,44,45);3-8,13,16-17,25H,9-12,14-15H2,1-2H3;4-11H,1-3,12-13H2,(H3,20,21)(H3,22,23). The highest BCUT2D eigenvalue weighted by molar-refractivity contribution is 8.00. The van der Waals surface area contributed by atoms with Crippen LogP contribution in [-0.2, 0) is 0 Å². The van der Waals surface area contributed by atoms with Crippen LogP contribution in [0.1, 0.15) is 100 Å². The summed E-state index contributed by atoms with van der Waals surface area (Å²) in [5.74, 6) is 6.76. The maximum Gasteiger partial charge on any atom is 0.125 e. The van der Waals surface area contributed by atoms with Gasteiger partial charge in [-0.2, -0.15) is 0 Å². The average Bonchev–Trinajstić information content (AvgIpc) is 0.776. The van der Waals surface area contributed by atoms with Crippen molar-refractivity contribution in [3.63, 3.8) is 0 Å². The lowest BCUT2D eigenvalue weighted by molar-refractivity contribution is 0.0765. The number of aliphatic hydroxyl groups excluding tert-OH is 1. The van der Waals surface area contributed by atoms with Crippen LogP contribution >= 0.6 is 23.5 Å². The second-order valence-electron chi connectivity index (χ2n) is 26.7. The smallest absolute Gasteiger partial charge is 0.125 e. The van der Waals surface area contributed by atoms with Crippen LogP contribution in [0.25, 0.3) is 0 Å². The van der Waals surface area contributed by atoms with E-state index in [0.29, 0.717) is 60.8 Å². The van der Waals surface area contributed by atoms with E-state index in [1.54, 1.807) is 50.6 Å². The number of nitrogens with zero attached hydrogens (tertiary/aromatic N) is 5. The van der Waals surface area contributed by atoms with Gasteiger partial charge in [-0.1, -0.05) is 61.6 Å². The summed E-state index contributed by atoms with van der Waals surface area (Å²) in [7, 11) is 3.46. The fourth-order valence-corrected chi connectivity index (χ4v) is 15.1. The molecule has 2 saturated heterocycles. The first-order chi connectivity index (χ1) is 50.0. The quantitative estimate of drug-likeness (QED) is 0.0114. The molecule has 0 spiro atoms. The maximum atomic E-state index is 9.74. The third kappa shape index (κ3) is 22.8. The van der Waals surface area contributed by atoms with E-state index < -0.39 is 0 Å². The number of hydrogen-bond donors (Lipinski definition) is 8. The zero-order chi connectivity index (χ0) is 72.5. The van der Waals surface area contributed by atoms with Crippen molar-refractivity contribution in [2.45, 2.75) is 110 Å². The molecular formula is C82H102N12O7S2. The monoisotopic (exact) mass is 1430 g/mol. The summed E-state index contributed by atoms with van der Waals surface area (Å²) in [6, 6.07) is 60.0. The topological polar surface area (TPSA) is 277 Å². The molecule has 0 aromatic heterocycles. The molecule has 19 nitrogen and oxygen atoms in total. The van der Waals surface area contributed by atoms with Crippen molar-refractivity contribution in [3.8, 4) is 34.5 Å². The summed E-state index contributed by atoms with van der Waals surface area (Å²) in [5, 5.41) is 31.9. The maximum absolute atomic E-state index is 9.74. The number of nitrogen functional groups attached to an aromatic ring is 3. The van der Waals surface area contributed by atoms with Crippen molar-refractivity contribution >= 4 is 69.6 Å². The number of hydrogen-bond acceptors (Lipinski definition) is 17. The van der Waals surface area contributed by atoms with Gasteiger partial charge in [0.1, 0.15) is 57.8 Å². The van der Waals surface area contributed by atoms with E-state index >= 15 is 0 Å². The molecule has 2 unspecified atom stereocenters. The number of anilines is 4. The highest BCUT2D eigenvalue weighted by Gasteiger charge is 2.29. The van der Waals surface area contributed by atoms with Crippen molar-refractivity contribution in [2.75, 3.05) is 103 Å². The predicted molar refractivity (Wildman–Crippen MR) is 420 cm³/mol. The van der Waals surface area contributed by atoms with Gasteiger partial charge in [-0.05, 0) is 222 Å². The van der Waals surface area contributed by atoms with Gasteiger partial charge in [-0.15, -0.1) is 0 Å². The number of rotatable bonds is 31. The van der Waals surface area contributed by atoms with E-state index in [-0.39, 0.29) is 29.7 Å². The van der Waals surface area contributed by atoms with E-state index in [1.807, 2.05) is 96.3 Å². The van der Waals surface area contributed by atoms with Crippen LogP contribution < -0.4 is 61.2 Å². The zero-order valence-electron chi connectivity index (χ0n) is 59.9. The summed E-state index contributed by atoms with van der Waals surface area (Å²) in [6.45, 7) is 15.3. The van der Waals surface area contributed by atoms with Gasteiger partial charge >= 0.3 is 0 Å². The number of benzene rings is 8.